The molecule has 0 aromatic rings. The summed E-state index contributed by atoms with van der Waals surface area (Å²) in [4.78, 5) is 2.17. The second kappa shape index (κ2) is 7.56. The molecule has 1 nitrogen and oxygen atoms in total. The molecule has 0 aromatic heterocycles. The zero-order chi connectivity index (χ0) is 5.70. The van der Waals surface area contributed by atoms with Crippen molar-refractivity contribution >= 4 is 18.9 Å². The van der Waals surface area contributed by atoms with Crippen molar-refractivity contribution in [3.63, 3.8) is 0 Å². The fourth-order valence-electron chi connectivity index (χ4n) is 0.428. The van der Waals surface area contributed by atoms with Crippen LogP contribution in [-0.4, -0.2) is 44.4 Å². The minimum atomic E-state index is 0. The number of hydrogen-bond acceptors (Lipinski definition) is 1. The van der Waals surface area contributed by atoms with Crippen molar-refractivity contribution in [1.82, 2.24) is 4.90 Å². The predicted molar refractivity (Wildman–Crippen MR) is 40.3 cm³/mol. The van der Waals surface area contributed by atoms with Crippen molar-refractivity contribution in [3.8, 4) is 0 Å². The van der Waals surface area contributed by atoms with E-state index in [1.165, 1.54) is 13.0 Å². The third-order valence-electron chi connectivity index (χ3n) is 0.855. The molecule has 0 aliphatic carbocycles. The molecule has 0 aliphatic heterocycles. The van der Waals surface area contributed by atoms with Crippen LogP contribution in [0, 0.1) is 6.92 Å². The average molecular weight is 108 g/mol. The Labute approximate surface area is 64.6 Å². The Morgan fingerprint density at radius 1 is 1.38 bits per heavy atom. The molecule has 0 bridgehead atoms. The van der Waals surface area contributed by atoms with Crippen LogP contribution in [0.4, 0.5) is 0 Å². The van der Waals surface area contributed by atoms with Gasteiger partial charge in [-0.15, -0.1) is 0 Å². The van der Waals surface area contributed by atoms with Crippen molar-refractivity contribution in [3.05, 3.63) is 6.92 Å². The topological polar surface area (TPSA) is 3.24 Å². The molecule has 0 rings (SSSR count). The molecule has 0 saturated heterocycles. The van der Waals surface area contributed by atoms with Crippen LogP contribution >= 0.6 is 0 Å². The van der Waals surface area contributed by atoms with Crippen LogP contribution in [0.2, 0.25) is 0 Å². The summed E-state index contributed by atoms with van der Waals surface area (Å²) < 4.78 is 0. The first-order chi connectivity index (χ1) is 3.27. The standard InChI is InChI=1S/C6H14N.Li.H/c1-4-5-6-7(2)3;;/h1,4-6H2,2-3H3;;. The van der Waals surface area contributed by atoms with Gasteiger partial charge in [0.2, 0.25) is 0 Å². The first-order valence-corrected chi connectivity index (χ1v) is 2.71. The number of hydrogen-bond donors (Lipinski definition) is 0. The summed E-state index contributed by atoms with van der Waals surface area (Å²) in [6, 6.07) is 0. The molecule has 0 aromatic carbocycles. The Morgan fingerprint density at radius 3 is 2.00 bits per heavy atom. The maximum absolute atomic E-state index is 3.73. The van der Waals surface area contributed by atoms with Gasteiger partial charge in [0.05, 0.1) is 0 Å². The first kappa shape index (κ1) is 11.4. The van der Waals surface area contributed by atoms with Gasteiger partial charge in [-0.1, -0.05) is 13.3 Å². The summed E-state index contributed by atoms with van der Waals surface area (Å²) >= 11 is 0. The van der Waals surface area contributed by atoms with Crippen LogP contribution < -0.4 is 0 Å². The van der Waals surface area contributed by atoms with E-state index >= 15 is 0 Å². The van der Waals surface area contributed by atoms with Gasteiger partial charge in [0.15, 0.2) is 0 Å². The van der Waals surface area contributed by atoms with Crippen molar-refractivity contribution < 1.29 is 0 Å². The van der Waals surface area contributed by atoms with Crippen LogP contribution in [-0.2, 0) is 0 Å². The predicted octanol–water partition coefficient (Wildman–Crippen LogP) is 0.514. The van der Waals surface area contributed by atoms with Crippen LogP contribution in [0.15, 0.2) is 0 Å². The van der Waals surface area contributed by atoms with Crippen LogP contribution in [0.5, 0.6) is 0 Å². The molecule has 0 atom stereocenters. The van der Waals surface area contributed by atoms with E-state index in [0.717, 1.165) is 6.42 Å². The fourth-order valence-corrected chi connectivity index (χ4v) is 0.428. The molecule has 0 amide bonds. The Morgan fingerprint density at radius 2 is 1.88 bits per heavy atom. The van der Waals surface area contributed by atoms with E-state index in [1.54, 1.807) is 0 Å². The van der Waals surface area contributed by atoms with E-state index in [2.05, 4.69) is 25.9 Å². The van der Waals surface area contributed by atoms with Crippen molar-refractivity contribution in [2.75, 3.05) is 20.6 Å². The Balaban J connectivity index is 0. The Hall–Kier alpha value is 0.557. The van der Waals surface area contributed by atoms with Gasteiger partial charge in [0.25, 0.3) is 0 Å². The van der Waals surface area contributed by atoms with Gasteiger partial charge in [0.1, 0.15) is 0 Å². The molecule has 2 heteroatoms. The third-order valence-corrected chi connectivity index (χ3v) is 0.855. The van der Waals surface area contributed by atoms with E-state index in [9.17, 15) is 0 Å². The van der Waals surface area contributed by atoms with Gasteiger partial charge in [0, 0.05) is 0 Å². The van der Waals surface area contributed by atoms with E-state index < -0.39 is 0 Å². The van der Waals surface area contributed by atoms with Gasteiger partial charge in [-0.2, -0.15) is 0 Å². The second-order valence-electron chi connectivity index (χ2n) is 2.01. The molecule has 8 heavy (non-hydrogen) atoms. The van der Waals surface area contributed by atoms with Gasteiger partial charge >= 0.3 is 18.9 Å². The number of unbranched alkanes of at least 4 members (excludes halogenated alkanes) is 1. The molecule has 0 heterocycles. The molecule has 0 spiro atoms. The van der Waals surface area contributed by atoms with E-state index in [-0.39, 0.29) is 18.9 Å². The zero-order valence-corrected chi connectivity index (χ0v) is 5.28. The summed E-state index contributed by atoms with van der Waals surface area (Å²) in [7, 11) is 4.16. The summed E-state index contributed by atoms with van der Waals surface area (Å²) in [5.74, 6) is 0. The Bertz CT molecular complexity index is 37.5. The molecule has 0 aliphatic rings. The van der Waals surface area contributed by atoms with Gasteiger partial charge in [-0.25, -0.2) is 0 Å². The van der Waals surface area contributed by atoms with E-state index in [1.807, 2.05) is 0 Å². The maximum atomic E-state index is 3.73. The summed E-state index contributed by atoms with van der Waals surface area (Å²) in [6.45, 7) is 4.90. The van der Waals surface area contributed by atoms with Crippen LogP contribution in [0.3, 0.4) is 0 Å². The molecule has 1 radical (unpaired) electrons. The van der Waals surface area contributed by atoms with Gasteiger partial charge < -0.3 is 4.90 Å². The van der Waals surface area contributed by atoms with Gasteiger partial charge in [-0.3, -0.25) is 0 Å². The summed E-state index contributed by atoms with van der Waals surface area (Å²) in [6.07, 6.45) is 2.27. The third kappa shape index (κ3) is 9.75. The summed E-state index contributed by atoms with van der Waals surface area (Å²) in [5.41, 5.74) is 0. The van der Waals surface area contributed by atoms with Crippen LogP contribution in [0.25, 0.3) is 0 Å². The van der Waals surface area contributed by atoms with E-state index in [0.29, 0.717) is 0 Å². The molecular formula is C6H15LiN. The minimum absolute atomic E-state index is 0. The molecule has 0 N–H and O–H groups in total. The fraction of sp³-hybridized carbons (Fsp3) is 0.833. The molecule has 0 saturated carbocycles. The van der Waals surface area contributed by atoms with Crippen molar-refractivity contribution in [2.24, 2.45) is 0 Å². The van der Waals surface area contributed by atoms with E-state index in [4.69, 9.17) is 0 Å². The molecule has 0 unspecified atom stereocenters. The number of rotatable bonds is 3. The zero-order valence-electron chi connectivity index (χ0n) is 5.28. The summed E-state index contributed by atoms with van der Waals surface area (Å²) in [5, 5.41) is 0. The molecule has 0 fully saturated rings. The first-order valence-electron chi connectivity index (χ1n) is 2.71. The quantitative estimate of drug-likeness (QED) is 0.476. The number of nitrogens with zero attached hydrogens (tertiary/aromatic N) is 1. The van der Waals surface area contributed by atoms with Crippen molar-refractivity contribution in [1.29, 1.82) is 0 Å². The molecular weight excluding hydrogens is 93.0 g/mol. The molecule has 45 valence electrons. The Kier molecular flexibility index (Phi) is 10.7. The monoisotopic (exact) mass is 108 g/mol. The van der Waals surface area contributed by atoms with Crippen molar-refractivity contribution in [2.45, 2.75) is 12.8 Å². The second-order valence-corrected chi connectivity index (χ2v) is 2.01. The SMILES string of the molecule is [CH2]CCCN(C)C.[LiH]. The van der Waals surface area contributed by atoms with Crippen LogP contribution in [0.1, 0.15) is 12.8 Å². The normalized spacial score (nSPS) is 9.00. The van der Waals surface area contributed by atoms with Gasteiger partial charge in [-0.05, 0) is 27.1 Å². The average Bonchev–Trinajstić information content (AvgIpc) is 1.61.